The minimum atomic E-state index is -0.712. The van der Waals surface area contributed by atoms with Gasteiger partial charge in [0.15, 0.2) is 0 Å². The predicted molar refractivity (Wildman–Crippen MR) is 100 cm³/mol. The number of para-hydroxylation sites is 2. The van der Waals surface area contributed by atoms with Gasteiger partial charge in [0.25, 0.3) is 0 Å². The van der Waals surface area contributed by atoms with E-state index in [0.717, 1.165) is 0 Å². The van der Waals surface area contributed by atoms with Crippen LogP contribution >= 0.6 is 0 Å². The lowest BCUT2D eigenvalue weighted by molar-refractivity contribution is -0.148. The van der Waals surface area contributed by atoms with Gasteiger partial charge in [-0.25, -0.2) is 0 Å². The quantitative estimate of drug-likeness (QED) is 0.627. The number of carbonyl (C=O) groups is 3. The van der Waals surface area contributed by atoms with Gasteiger partial charge >= 0.3 is 5.97 Å². The highest BCUT2D eigenvalue weighted by Crippen LogP contribution is 2.23. The number of hydrogen-bond acceptors (Lipinski definition) is 6. The van der Waals surface area contributed by atoms with Crippen molar-refractivity contribution in [3.05, 3.63) is 24.3 Å². The van der Waals surface area contributed by atoms with Gasteiger partial charge in [0.1, 0.15) is 11.8 Å². The van der Waals surface area contributed by atoms with Crippen molar-refractivity contribution in [3.8, 4) is 5.75 Å². The molecule has 0 spiro atoms. The van der Waals surface area contributed by atoms with E-state index in [1.54, 1.807) is 23.1 Å². The molecule has 1 aliphatic rings. The molecule has 27 heavy (non-hydrogen) atoms. The van der Waals surface area contributed by atoms with E-state index in [1.807, 2.05) is 19.9 Å². The van der Waals surface area contributed by atoms with Crippen molar-refractivity contribution in [1.29, 1.82) is 0 Å². The molecule has 1 fully saturated rings. The van der Waals surface area contributed by atoms with Gasteiger partial charge in [0.2, 0.25) is 11.8 Å². The number of carbonyl (C=O) groups excluding carboxylic acids is 3. The first-order chi connectivity index (χ1) is 13.0. The zero-order valence-electron chi connectivity index (χ0n) is 15.8. The smallest absolute Gasteiger partial charge is 0.307 e. The summed E-state index contributed by atoms with van der Waals surface area (Å²) in [5.74, 6) is -0.392. The maximum Gasteiger partial charge on any atom is 0.307 e. The standard InChI is InChI=1S/C19H27N3O5/c1-3-11-27-18(24)12-15-19(25)20-9-10-22(15)13-17(23)21-14-7-5-6-8-16(14)26-4-2/h5-8,15H,3-4,9-13H2,1-2H3,(H,20,25)(H,21,23). The summed E-state index contributed by atoms with van der Waals surface area (Å²) >= 11 is 0. The Morgan fingerprint density at radius 2 is 2.07 bits per heavy atom. The summed E-state index contributed by atoms with van der Waals surface area (Å²) in [6, 6.07) is 6.45. The Labute approximate surface area is 159 Å². The summed E-state index contributed by atoms with van der Waals surface area (Å²) < 4.78 is 10.6. The van der Waals surface area contributed by atoms with E-state index in [1.165, 1.54) is 0 Å². The van der Waals surface area contributed by atoms with Crippen molar-refractivity contribution in [3.63, 3.8) is 0 Å². The largest absolute Gasteiger partial charge is 0.492 e. The van der Waals surface area contributed by atoms with Crippen LogP contribution in [0, 0.1) is 0 Å². The van der Waals surface area contributed by atoms with Gasteiger partial charge in [-0.1, -0.05) is 19.1 Å². The average Bonchev–Trinajstić information content (AvgIpc) is 2.64. The molecule has 0 radical (unpaired) electrons. The normalized spacial score (nSPS) is 17.1. The Kier molecular flexibility index (Phi) is 8.06. The molecule has 2 N–H and O–H groups in total. The second-order valence-electron chi connectivity index (χ2n) is 6.18. The lowest BCUT2D eigenvalue weighted by Gasteiger charge is -2.33. The monoisotopic (exact) mass is 377 g/mol. The second-order valence-corrected chi connectivity index (χ2v) is 6.18. The molecule has 0 bridgehead atoms. The molecule has 2 amide bonds. The summed E-state index contributed by atoms with van der Waals surface area (Å²) in [5.41, 5.74) is 0.574. The highest BCUT2D eigenvalue weighted by Gasteiger charge is 2.33. The van der Waals surface area contributed by atoms with E-state index < -0.39 is 12.0 Å². The predicted octanol–water partition coefficient (Wildman–Crippen LogP) is 1.17. The minimum Gasteiger partial charge on any atom is -0.492 e. The molecule has 8 heteroatoms. The van der Waals surface area contributed by atoms with Gasteiger partial charge in [-0.05, 0) is 25.5 Å². The maximum atomic E-state index is 12.5. The van der Waals surface area contributed by atoms with Crippen molar-refractivity contribution >= 4 is 23.5 Å². The molecule has 1 aromatic carbocycles. The van der Waals surface area contributed by atoms with Gasteiger partial charge in [0.05, 0.1) is 31.9 Å². The van der Waals surface area contributed by atoms with Crippen LogP contribution in [0.15, 0.2) is 24.3 Å². The van der Waals surface area contributed by atoms with Crippen molar-refractivity contribution in [2.75, 3.05) is 38.2 Å². The Morgan fingerprint density at radius 1 is 1.30 bits per heavy atom. The first kappa shape index (κ1) is 20.7. The number of piperazine rings is 1. The van der Waals surface area contributed by atoms with E-state index in [9.17, 15) is 14.4 Å². The zero-order valence-corrected chi connectivity index (χ0v) is 15.8. The van der Waals surface area contributed by atoms with Crippen molar-refractivity contribution < 1.29 is 23.9 Å². The molecule has 1 unspecified atom stereocenters. The summed E-state index contributed by atoms with van der Waals surface area (Å²) in [7, 11) is 0. The van der Waals surface area contributed by atoms with E-state index >= 15 is 0 Å². The van der Waals surface area contributed by atoms with Crippen LogP contribution in [-0.4, -0.2) is 61.6 Å². The minimum absolute atomic E-state index is 0.000393. The fraction of sp³-hybridized carbons (Fsp3) is 0.526. The third kappa shape index (κ3) is 6.25. The summed E-state index contributed by atoms with van der Waals surface area (Å²) in [6.07, 6.45) is 0.641. The van der Waals surface area contributed by atoms with Crippen LogP contribution in [0.25, 0.3) is 0 Å². The SMILES string of the molecule is CCCOC(=O)CC1C(=O)NCCN1CC(=O)Nc1ccccc1OCC. The van der Waals surface area contributed by atoms with Gasteiger partial charge < -0.3 is 20.1 Å². The van der Waals surface area contributed by atoms with Crippen LogP contribution in [0.2, 0.25) is 0 Å². The highest BCUT2D eigenvalue weighted by molar-refractivity contribution is 5.94. The molecule has 0 aromatic heterocycles. The van der Waals surface area contributed by atoms with Crippen LogP contribution in [0.4, 0.5) is 5.69 Å². The fourth-order valence-corrected chi connectivity index (χ4v) is 2.83. The molecular formula is C19H27N3O5. The number of nitrogens with zero attached hydrogens (tertiary/aromatic N) is 1. The first-order valence-electron chi connectivity index (χ1n) is 9.24. The molecule has 0 aliphatic carbocycles. The number of amides is 2. The third-order valence-corrected chi connectivity index (χ3v) is 4.08. The molecule has 1 aliphatic heterocycles. The van der Waals surface area contributed by atoms with Crippen molar-refractivity contribution in [2.24, 2.45) is 0 Å². The van der Waals surface area contributed by atoms with Gasteiger partial charge in [0, 0.05) is 13.1 Å². The van der Waals surface area contributed by atoms with Crippen LogP contribution in [0.3, 0.4) is 0 Å². The highest BCUT2D eigenvalue weighted by atomic mass is 16.5. The van der Waals surface area contributed by atoms with Gasteiger partial charge in [-0.2, -0.15) is 0 Å². The van der Waals surface area contributed by atoms with Crippen LogP contribution in [-0.2, 0) is 19.1 Å². The summed E-state index contributed by atoms with van der Waals surface area (Å²) in [5, 5.41) is 5.54. The number of esters is 1. The summed E-state index contributed by atoms with van der Waals surface area (Å²) in [4.78, 5) is 38.3. The van der Waals surface area contributed by atoms with E-state index in [-0.39, 0.29) is 24.8 Å². The van der Waals surface area contributed by atoms with Gasteiger partial charge in [-0.3, -0.25) is 19.3 Å². The number of benzene rings is 1. The lowest BCUT2D eigenvalue weighted by Crippen LogP contribution is -2.57. The summed E-state index contributed by atoms with van der Waals surface area (Å²) in [6.45, 7) is 5.49. The van der Waals surface area contributed by atoms with Crippen molar-refractivity contribution in [1.82, 2.24) is 10.2 Å². The number of nitrogens with one attached hydrogen (secondary N) is 2. The van der Waals surface area contributed by atoms with E-state index in [0.29, 0.717) is 44.2 Å². The molecule has 2 rings (SSSR count). The fourth-order valence-electron chi connectivity index (χ4n) is 2.83. The molecule has 1 heterocycles. The number of ether oxygens (including phenoxy) is 2. The first-order valence-corrected chi connectivity index (χ1v) is 9.24. The van der Waals surface area contributed by atoms with Crippen LogP contribution in [0.5, 0.6) is 5.75 Å². The topological polar surface area (TPSA) is 97.0 Å². The Hall–Kier alpha value is -2.61. The lowest BCUT2D eigenvalue weighted by atomic mass is 10.1. The molecule has 1 atom stereocenters. The molecule has 1 aromatic rings. The van der Waals surface area contributed by atoms with Gasteiger partial charge in [-0.15, -0.1) is 0 Å². The van der Waals surface area contributed by atoms with Crippen molar-refractivity contribution in [2.45, 2.75) is 32.7 Å². The average molecular weight is 377 g/mol. The van der Waals surface area contributed by atoms with Crippen LogP contribution < -0.4 is 15.4 Å². The number of anilines is 1. The number of hydrogen-bond donors (Lipinski definition) is 2. The maximum absolute atomic E-state index is 12.5. The number of rotatable bonds is 9. The van der Waals surface area contributed by atoms with E-state index in [4.69, 9.17) is 9.47 Å². The molecule has 1 saturated heterocycles. The molecule has 0 saturated carbocycles. The molecule has 148 valence electrons. The second kappa shape index (κ2) is 10.5. The Morgan fingerprint density at radius 3 is 2.81 bits per heavy atom. The van der Waals surface area contributed by atoms with E-state index in [2.05, 4.69) is 10.6 Å². The Bertz CT molecular complexity index is 665. The van der Waals surface area contributed by atoms with Crippen LogP contribution in [0.1, 0.15) is 26.7 Å². The molecule has 8 nitrogen and oxygen atoms in total. The third-order valence-electron chi connectivity index (χ3n) is 4.08. The Balaban J connectivity index is 1.99. The zero-order chi connectivity index (χ0) is 19.6. The molecular weight excluding hydrogens is 350 g/mol.